The number of rotatable bonds is 12. The predicted octanol–water partition coefficient (Wildman–Crippen LogP) is 5.22. The fraction of sp³-hybridized carbons (Fsp3) is 0.667. The maximum atomic E-state index is 14.0. The highest BCUT2D eigenvalue weighted by molar-refractivity contribution is 7.98. The Kier molecular flexibility index (Phi) is 12.6. The molecule has 0 bridgehead atoms. The van der Waals surface area contributed by atoms with Gasteiger partial charge in [-0.25, -0.2) is 4.79 Å². The molecule has 0 aliphatic heterocycles. The second kappa shape index (κ2) is 14.4. The van der Waals surface area contributed by atoms with Gasteiger partial charge >= 0.3 is 6.09 Å². The van der Waals surface area contributed by atoms with Crippen molar-refractivity contribution in [2.24, 2.45) is 0 Å². The first-order valence-electron chi connectivity index (χ1n) is 12.5. The molecular formula is C27H45N3O4S. The third-order valence-corrected chi connectivity index (χ3v) is 6.08. The van der Waals surface area contributed by atoms with Crippen molar-refractivity contribution in [3.8, 4) is 0 Å². The lowest BCUT2D eigenvalue weighted by molar-refractivity contribution is -0.144. The Labute approximate surface area is 216 Å². The van der Waals surface area contributed by atoms with Gasteiger partial charge in [-0.15, -0.1) is 0 Å². The van der Waals surface area contributed by atoms with Crippen LogP contribution in [-0.4, -0.2) is 58.5 Å². The molecule has 0 aliphatic carbocycles. The summed E-state index contributed by atoms with van der Waals surface area (Å²) in [5, 5.41) is 5.85. The van der Waals surface area contributed by atoms with E-state index in [-0.39, 0.29) is 23.9 Å². The Morgan fingerprint density at radius 1 is 1.03 bits per heavy atom. The van der Waals surface area contributed by atoms with Gasteiger partial charge in [0.25, 0.3) is 0 Å². The van der Waals surface area contributed by atoms with Crippen LogP contribution in [0.2, 0.25) is 0 Å². The molecule has 0 heterocycles. The molecule has 0 saturated carbocycles. The van der Waals surface area contributed by atoms with Gasteiger partial charge in [-0.3, -0.25) is 9.59 Å². The molecule has 198 valence electrons. The summed E-state index contributed by atoms with van der Waals surface area (Å²) >= 11 is 1.59. The highest BCUT2D eigenvalue weighted by Crippen LogP contribution is 2.26. The number of nitrogens with one attached hydrogen (secondary N) is 2. The summed E-state index contributed by atoms with van der Waals surface area (Å²) in [6, 6.07) is 5.75. The molecule has 1 aromatic carbocycles. The molecule has 0 saturated heterocycles. The van der Waals surface area contributed by atoms with Crippen LogP contribution in [0.4, 0.5) is 4.79 Å². The van der Waals surface area contributed by atoms with Crippen LogP contribution in [-0.2, 0) is 14.3 Å². The fourth-order valence-electron chi connectivity index (χ4n) is 3.82. The van der Waals surface area contributed by atoms with Crippen LogP contribution in [0.25, 0.3) is 0 Å². The van der Waals surface area contributed by atoms with Gasteiger partial charge in [-0.05, 0) is 78.9 Å². The normalized spacial score (nSPS) is 14.1. The van der Waals surface area contributed by atoms with E-state index in [0.29, 0.717) is 12.2 Å². The van der Waals surface area contributed by atoms with Crippen molar-refractivity contribution in [3.05, 3.63) is 35.4 Å². The molecule has 2 N–H and O–H groups in total. The first-order valence-corrected chi connectivity index (χ1v) is 13.9. The third-order valence-electron chi connectivity index (χ3n) is 5.44. The number of alkyl carbamates (subject to hydrolysis) is 1. The molecule has 0 radical (unpaired) electrons. The van der Waals surface area contributed by atoms with E-state index in [2.05, 4.69) is 17.6 Å². The maximum absolute atomic E-state index is 14.0. The predicted molar refractivity (Wildman–Crippen MR) is 145 cm³/mol. The zero-order valence-corrected chi connectivity index (χ0v) is 23.8. The zero-order valence-electron chi connectivity index (χ0n) is 22.9. The molecule has 0 spiro atoms. The molecule has 1 rings (SSSR count). The Morgan fingerprint density at radius 3 is 2.11 bits per heavy atom. The topological polar surface area (TPSA) is 87.7 Å². The zero-order chi connectivity index (χ0) is 26.8. The highest BCUT2D eigenvalue weighted by atomic mass is 32.2. The number of nitrogens with zero attached hydrogens (tertiary/aromatic N) is 1. The van der Waals surface area contributed by atoms with Crippen LogP contribution in [0.1, 0.15) is 84.9 Å². The van der Waals surface area contributed by atoms with E-state index in [4.69, 9.17) is 4.74 Å². The van der Waals surface area contributed by atoms with Gasteiger partial charge in [0.1, 0.15) is 17.7 Å². The lowest BCUT2D eigenvalue weighted by Crippen LogP contribution is -2.55. The Balaban J connectivity index is 3.40. The minimum atomic E-state index is -0.820. The summed E-state index contributed by atoms with van der Waals surface area (Å²) in [5.74, 6) is 0.147. The smallest absolute Gasteiger partial charge is 0.408 e. The van der Waals surface area contributed by atoms with E-state index in [1.807, 2.05) is 58.2 Å². The number of ether oxygens (including phenoxy) is 1. The monoisotopic (exact) mass is 507 g/mol. The minimum Gasteiger partial charge on any atom is -0.444 e. The van der Waals surface area contributed by atoms with Gasteiger partial charge in [0.15, 0.2) is 0 Å². The quantitative estimate of drug-likeness (QED) is 0.405. The molecule has 7 nitrogen and oxygen atoms in total. The number of hydrogen-bond acceptors (Lipinski definition) is 5. The number of benzene rings is 1. The molecule has 0 fully saturated rings. The number of carbonyl (C=O) groups excluding carboxylic acids is 3. The van der Waals surface area contributed by atoms with Gasteiger partial charge in [-0.2, -0.15) is 11.8 Å². The molecule has 3 amide bonds. The maximum Gasteiger partial charge on any atom is 0.408 e. The van der Waals surface area contributed by atoms with Gasteiger partial charge in [-0.1, -0.05) is 43.2 Å². The molecule has 0 aliphatic rings. The SMILES string of the molecule is CCCC(C)NC(=O)C(c1ccc(C)cc1)N(C(=O)C(CCSC)NC(=O)OC(C)(C)C)C(C)C. The van der Waals surface area contributed by atoms with Crippen LogP contribution in [0.15, 0.2) is 24.3 Å². The van der Waals surface area contributed by atoms with E-state index >= 15 is 0 Å². The molecule has 3 atom stereocenters. The number of amides is 3. The van der Waals surface area contributed by atoms with Crippen molar-refractivity contribution in [1.82, 2.24) is 15.5 Å². The lowest BCUT2D eigenvalue weighted by atomic mass is 9.99. The molecule has 35 heavy (non-hydrogen) atoms. The van der Waals surface area contributed by atoms with Crippen LogP contribution in [0.3, 0.4) is 0 Å². The van der Waals surface area contributed by atoms with E-state index in [1.54, 1.807) is 37.4 Å². The summed E-state index contributed by atoms with van der Waals surface area (Å²) in [7, 11) is 0. The second-order valence-electron chi connectivity index (χ2n) is 10.3. The summed E-state index contributed by atoms with van der Waals surface area (Å²) in [4.78, 5) is 41.7. The first kappa shape index (κ1) is 30.8. The minimum absolute atomic E-state index is 0.0169. The third kappa shape index (κ3) is 10.5. The fourth-order valence-corrected chi connectivity index (χ4v) is 4.29. The Morgan fingerprint density at radius 2 is 1.63 bits per heavy atom. The number of aryl methyl sites for hydroxylation is 1. The Hall–Kier alpha value is -2.22. The lowest BCUT2D eigenvalue weighted by Gasteiger charge is -2.37. The average molecular weight is 508 g/mol. The number of hydrogen-bond donors (Lipinski definition) is 2. The number of thioether (sulfide) groups is 1. The van der Waals surface area contributed by atoms with Crippen molar-refractivity contribution in [1.29, 1.82) is 0 Å². The van der Waals surface area contributed by atoms with E-state index < -0.39 is 23.8 Å². The van der Waals surface area contributed by atoms with E-state index in [0.717, 1.165) is 24.0 Å². The summed E-state index contributed by atoms with van der Waals surface area (Å²) < 4.78 is 5.42. The largest absolute Gasteiger partial charge is 0.444 e. The highest BCUT2D eigenvalue weighted by Gasteiger charge is 2.37. The second-order valence-corrected chi connectivity index (χ2v) is 11.3. The van der Waals surface area contributed by atoms with Crippen molar-refractivity contribution in [2.75, 3.05) is 12.0 Å². The van der Waals surface area contributed by atoms with Crippen molar-refractivity contribution >= 4 is 29.7 Å². The molecular weight excluding hydrogens is 462 g/mol. The van der Waals surface area contributed by atoms with Crippen LogP contribution >= 0.6 is 11.8 Å². The van der Waals surface area contributed by atoms with E-state index in [1.165, 1.54) is 0 Å². The molecule has 3 unspecified atom stereocenters. The van der Waals surface area contributed by atoms with Crippen LogP contribution in [0, 0.1) is 6.92 Å². The molecule has 0 aromatic heterocycles. The van der Waals surface area contributed by atoms with Gasteiger partial charge in [0.05, 0.1) is 0 Å². The van der Waals surface area contributed by atoms with Gasteiger partial charge < -0.3 is 20.3 Å². The average Bonchev–Trinajstić information content (AvgIpc) is 2.73. The summed E-state index contributed by atoms with van der Waals surface area (Å²) in [6.45, 7) is 15.1. The van der Waals surface area contributed by atoms with Crippen molar-refractivity contribution in [3.63, 3.8) is 0 Å². The summed E-state index contributed by atoms with van der Waals surface area (Å²) in [6.07, 6.45) is 3.52. The van der Waals surface area contributed by atoms with Gasteiger partial charge in [0, 0.05) is 12.1 Å². The standard InChI is InChI=1S/C27H45N3O4S/c1-10-11-20(5)28-24(31)23(21-14-12-19(4)13-15-21)30(18(2)3)25(32)22(16-17-35-9)29-26(33)34-27(6,7)8/h12-15,18,20,22-23H,10-11,16-17H2,1-9H3,(H,28,31)(H,29,33). The van der Waals surface area contributed by atoms with Crippen molar-refractivity contribution < 1.29 is 19.1 Å². The van der Waals surface area contributed by atoms with Gasteiger partial charge in [0.2, 0.25) is 11.8 Å². The van der Waals surface area contributed by atoms with Crippen LogP contribution < -0.4 is 10.6 Å². The number of carbonyl (C=O) groups is 3. The molecule has 1 aromatic rings. The van der Waals surface area contributed by atoms with E-state index in [9.17, 15) is 14.4 Å². The molecule has 8 heteroatoms. The van der Waals surface area contributed by atoms with Crippen LogP contribution in [0.5, 0.6) is 0 Å². The first-order chi connectivity index (χ1) is 16.3. The summed E-state index contributed by atoms with van der Waals surface area (Å²) in [5.41, 5.74) is 1.12. The Bertz CT molecular complexity index is 821. The van der Waals surface area contributed by atoms with Crippen molar-refractivity contribution in [2.45, 2.75) is 104 Å².